The second-order valence-corrected chi connectivity index (χ2v) is 37.0. The van der Waals surface area contributed by atoms with Crippen molar-refractivity contribution in [3.8, 4) is 0 Å². The van der Waals surface area contributed by atoms with Crippen LogP contribution in [0.15, 0.2) is 170 Å². The summed E-state index contributed by atoms with van der Waals surface area (Å²) < 4.78 is 50.8. The number of carbonyl (C=O) groups is 12. The number of nitrogens with two attached hydrogens (primary N) is 1. The Bertz CT molecular complexity index is 5450. The first-order valence-electron chi connectivity index (χ1n) is 44.6. The summed E-state index contributed by atoms with van der Waals surface area (Å²) in [5.74, 6) is -6.31. The molecule has 0 aliphatic carbocycles. The van der Waals surface area contributed by atoms with Crippen LogP contribution in [0.2, 0.25) is 40.2 Å². The Hall–Kier alpha value is -11.6. The van der Waals surface area contributed by atoms with E-state index < -0.39 is 150 Å². The number of amides is 3. The van der Waals surface area contributed by atoms with Crippen LogP contribution in [0.4, 0.5) is 59.9 Å². The van der Waals surface area contributed by atoms with E-state index in [0.29, 0.717) is 108 Å². The molecule has 144 heavy (non-hydrogen) atoms. The van der Waals surface area contributed by atoms with Gasteiger partial charge in [-0.05, 0) is 227 Å². The number of anilines is 8. The molecule has 0 saturated heterocycles. The normalized spacial score (nSPS) is 12.8. The number of aliphatic hydroxyl groups excluding tert-OH is 2. The number of aliphatic hydroxyl groups is 2. The zero-order chi connectivity index (χ0) is 108. The van der Waals surface area contributed by atoms with Crippen molar-refractivity contribution >= 4 is 223 Å². The molecule has 0 bridgehead atoms. The van der Waals surface area contributed by atoms with Gasteiger partial charge < -0.3 is 116 Å². The highest BCUT2D eigenvalue weighted by molar-refractivity contribution is 6.41. The number of carboxylic acid groups (broad SMARTS) is 2. The first-order valence-corrected chi connectivity index (χ1v) is 47.6. The molecule has 35 nitrogen and oxygen atoms in total. The third-order valence-corrected chi connectivity index (χ3v) is 21.0. The first-order chi connectivity index (χ1) is 67.0. The molecule has 44 heteroatoms. The van der Waals surface area contributed by atoms with Crippen molar-refractivity contribution in [2.24, 2.45) is 5.73 Å². The highest BCUT2D eigenvalue weighted by atomic mass is 35.5. The van der Waals surface area contributed by atoms with Crippen molar-refractivity contribution in [3.05, 3.63) is 232 Å². The maximum Gasteiger partial charge on any atom is 0.408 e. The Morgan fingerprint density at radius 3 is 0.806 bits per heavy atom. The molecule has 0 spiro atoms. The second-order valence-electron chi connectivity index (χ2n) is 33.7. The molecule has 0 saturated carbocycles. The number of carboxylic acids is 2. The van der Waals surface area contributed by atoms with Crippen LogP contribution in [0, 0.1) is 0 Å². The van der Waals surface area contributed by atoms with Crippen molar-refractivity contribution in [2.75, 3.05) is 54.7 Å². The SMILES string of the molecule is CCOC(=O)[C@@H](N)[C@@H](C)OC(=O)Cc1ccccc1Nc1c(Cl)cccc1Cl.CCOC(=O)[C@@H](NC(=O)OC(C)(C)C)[C@@H](C)O.CCOC(=O)[C@@H](NC(=O)OC(C)(C)C)[C@@H](C)OC(=O)Cc1ccccc1Nc1c(Cl)cccc1Cl.CCOC(=O)[C@@H](NC)[C@@H](C)OC(=O)Cc1ccccc1Nc1c(Cl)cccc1Cl.C[C@@H](O)[C@H](NC(=O)OC(C)(C)C)C(=O)O.Cl.O=C(O)Cc1ccccc1Nc1c(Cl)cccc1Cl. The molecule has 0 aromatic heterocycles. The quantitative estimate of drug-likeness (QED) is 0.0127. The topological polar surface area (TPSA) is 500 Å². The van der Waals surface area contributed by atoms with Gasteiger partial charge in [0.05, 0.1) is 127 Å². The van der Waals surface area contributed by atoms with Crippen LogP contribution in [-0.2, 0) is 116 Å². The lowest BCUT2D eigenvalue weighted by Gasteiger charge is -2.26. The molecule has 0 unspecified atom stereocenters. The molecule has 8 aromatic rings. The van der Waals surface area contributed by atoms with Crippen LogP contribution in [0.3, 0.4) is 0 Å². The molecule has 790 valence electrons. The van der Waals surface area contributed by atoms with Crippen molar-refractivity contribution < 1.29 is 125 Å². The van der Waals surface area contributed by atoms with E-state index in [1.54, 1.807) is 250 Å². The van der Waals surface area contributed by atoms with Gasteiger partial charge >= 0.3 is 72.0 Å². The van der Waals surface area contributed by atoms with Gasteiger partial charge in [0.1, 0.15) is 47.2 Å². The summed E-state index contributed by atoms with van der Waals surface area (Å²) >= 11 is 49.5. The van der Waals surface area contributed by atoms with Gasteiger partial charge in [-0.2, -0.15) is 0 Å². The number of benzene rings is 8. The largest absolute Gasteiger partial charge is 0.481 e. The van der Waals surface area contributed by atoms with Crippen LogP contribution >= 0.6 is 105 Å². The minimum atomic E-state index is -1.36. The van der Waals surface area contributed by atoms with Crippen LogP contribution in [0.5, 0.6) is 0 Å². The number of nitrogens with one attached hydrogen (secondary N) is 8. The van der Waals surface area contributed by atoms with Crippen molar-refractivity contribution in [3.63, 3.8) is 0 Å². The lowest BCUT2D eigenvalue weighted by atomic mass is 10.1. The van der Waals surface area contributed by atoms with Crippen molar-refractivity contribution in [1.29, 1.82) is 0 Å². The van der Waals surface area contributed by atoms with E-state index in [0.717, 1.165) is 0 Å². The van der Waals surface area contributed by atoms with E-state index in [1.165, 1.54) is 20.8 Å². The lowest BCUT2D eigenvalue weighted by Crippen LogP contribution is -2.51. The van der Waals surface area contributed by atoms with E-state index >= 15 is 0 Å². The van der Waals surface area contributed by atoms with Gasteiger partial charge in [-0.3, -0.25) is 28.8 Å². The molecular formula is C100H126Cl9N9O26. The molecule has 3 amide bonds. The highest BCUT2D eigenvalue weighted by Gasteiger charge is 2.36. The van der Waals surface area contributed by atoms with Gasteiger partial charge in [0.2, 0.25) is 0 Å². The first kappa shape index (κ1) is 129. The smallest absolute Gasteiger partial charge is 0.408 e. The average Bonchev–Trinajstić information content (AvgIpc) is 0.839. The maximum absolute atomic E-state index is 12.8. The Balaban J connectivity index is 0.000000597. The predicted molar refractivity (Wildman–Crippen MR) is 559 cm³/mol. The molecule has 0 fully saturated rings. The highest BCUT2D eigenvalue weighted by Crippen LogP contribution is 2.39. The van der Waals surface area contributed by atoms with E-state index in [1.807, 2.05) is 30.3 Å². The number of rotatable bonds is 37. The number of para-hydroxylation sites is 8. The number of ether oxygens (including phenoxy) is 10. The summed E-state index contributed by atoms with van der Waals surface area (Å²) in [5.41, 5.74) is 11.1. The number of hydrogen-bond acceptors (Lipinski definition) is 30. The minimum Gasteiger partial charge on any atom is -0.481 e. The van der Waals surface area contributed by atoms with Gasteiger partial charge in [-0.1, -0.05) is 190 Å². The number of esters is 7. The van der Waals surface area contributed by atoms with Crippen LogP contribution < -0.4 is 48.3 Å². The van der Waals surface area contributed by atoms with E-state index in [-0.39, 0.29) is 64.5 Å². The summed E-state index contributed by atoms with van der Waals surface area (Å²) in [6.45, 7) is 29.9. The Morgan fingerprint density at radius 2 is 0.556 bits per heavy atom. The summed E-state index contributed by atoms with van der Waals surface area (Å²) in [6, 6.07) is 43.9. The molecule has 8 rings (SSSR count). The van der Waals surface area contributed by atoms with E-state index in [9.17, 15) is 62.6 Å². The molecule has 14 N–H and O–H groups in total. The van der Waals surface area contributed by atoms with Gasteiger partial charge in [0.15, 0.2) is 18.1 Å². The van der Waals surface area contributed by atoms with Crippen LogP contribution in [-0.4, -0.2) is 203 Å². The third-order valence-electron chi connectivity index (χ3n) is 18.4. The minimum absolute atomic E-state index is 0. The summed E-state index contributed by atoms with van der Waals surface area (Å²) in [5, 5.41) is 61.8. The van der Waals surface area contributed by atoms with Crippen molar-refractivity contribution in [1.82, 2.24) is 21.3 Å². The standard InChI is InChI=1S/C25H30Cl2N2O6.C21H24Cl2N2O4.C20H22Cl2N2O4.C14H11Cl2NO2.C11H21NO5.C9H17NO5.ClH/c1-6-33-23(31)21(29-24(32)35-25(3,4)5)15(2)34-20(30)14-16-10-7-8-13-19(16)28-22-17(26)11-9-12-18(22)27;1-4-28-21(27)19(24-3)13(2)29-18(26)12-14-8-5-6-11-17(14)25-20-15(22)9-7-10-16(20)23;1-3-27-20(26)18(23)12(2)28-17(25)11-13-7-4-5-10-16(13)24-19-14(21)8-6-9-15(19)22;15-10-5-3-6-11(16)14(10)17-12-7-2-1-4-9(12)8-13(18)19;1-6-16-9(14)8(7(2)13)12-10(15)17-11(3,4)5;1-5(11)6(7(12)13)10-8(14)15-9(2,3)4;/h7-13,15,21,28H,6,14H2,1-5H3,(H,29,32);5-11,13,19,24-25H,4,12H2,1-3H3;4-10,12,18,24H,3,11,23H2,1-2H3;1-7,17H,8H2,(H,18,19);7-8,13H,6H2,1-5H3,(H,12,15);5-6,11H,1-4H3,(H,10,14)(H,12,13);1H/t15-,21+;13-,19+;12-,18+;;7-,8+;5-,6+;/m111.11./s1. The Labute approximate surface area is 883 Å². The fraction of sp³-hybridized carbons (Fsp3) is 0.400. The predicted octanol–water partition coefficient (Wildman–Crippen LogP) is 20.1. The number of hydrogen-bond donors (Lipinski definition) is 13. The Morgan fingerprint density at radius 1 is 0.326 bits per heavy atom. The van der Waals surface area contributed by atoms with E-state index in [4.69, 9.17) is 161 Å². The zero-order valence-corrected chi connectivity index (χ0v) is 89.7. The van der Waals surface area contributed by atoms with Crippen LogP contribution in [0.25, 0.3) is 0 Å². The fourth-order valence-electron chi connectivity index (χ4n) is 11.9. The number of likely N-dealkylation sites (N-methyl/N-ethyl adjacent to an activating group) is 1. The molecule has 10 atom stereocenters. The number of halogens is 9. The van der Waals surface area contributed by atoms with Crippen molar-refractivity contribution in [2.45, 2.75) is 228 Å². The summed E-state index contributed by atoms with van der Waals surface area (Å²) in [4.78, 5) is 141. The van der Waals surface area contributed by atoms with Gasteiger partial charge in [0, 0.05) is 22.7 Å². The number of alkyl carbamates (subject to hydrolysis) is 3. The monoisotopic (exact) mass is 2180 g/mol. The third kappa shape index (κ3) is 48.0. The molecule has 0 heterocycles. The van der Waals surface area contributed by atoms with Gasteiger partial charge in [-0.15, -0.1) is 12.4 Å². The van der Waals surface area contributed by atoms with Gasteiger partial charge in [-0.25, -0.2) is 28.8 Å². The maximum atomic E-state index is 12.8. The van der Waals surface area contributed by atoms with Crippen LogP contribution in [0.1, 0.15) is 147 Å². The zero-order valence-electron chi connectivity index (χ0n) is 82.9. The fourth-order valence-corrected chi connectivity index (χ4v) is 13.9. The molecule has 0 radical (unpaired) electrons. The number of aliphatic carboxylic acids is 2. The second kappa shape index (κ2) is 64.3. The summed E-state index contributed by atoms with van der Waals surface area (Å²) in [6.07, 6.45) is -7.42. The Kier molecular flexibility index (Phi) is 57.4. The van der Waals surface area contributed by atoms with Gasteiger partial charge in [0.25, 0.3) is 0 Å². The number of carbonyl (C=O) groups excluding carboxylic acids is 10. The molecule has 8 aromatic carbocycles. The molecule has 0 aliphatic heterocycles. The lowest BCUT2D eigenvalue weighted by molar-refractivity contribution is -0.158. The average molecular weight is 2190 g/mol. The van der Waals surface area contributed by atoms with E-state index in [2.05, 4.69) is 42.5 Å². The molecule has 0 aliphatic rings. The summed E-state index contributed by atoms with van der Waals surface area (Å²) in [7, 11) is 1.61. The molecular weight excluding hydrogens is 2060 g/mol.